The maximum Gasteiger partial charge on any atom is 0.307 e. The quantitative estimate of drug-likeness (QED) is 0.664. The van der Waals surface area contributed by atoms with Crippen LogP contribution in [0.4, 0.5) is 0 Å². The molecule has 0 aliphatic rings. The summed E-state index contributed by atoms with van der Waals surface area (Å²) in [5.41, 5.74) is 0.660. The van der Waals surface area contributed by atoms with E-state index in [1.165, 1.54) is 0 Å². The smallest absolute Gasteiger partial charge is 0.298 e. The minimum Gasteiger partial charge on any atom is -0.298 e. The zero-order valence-electron chi connectivity index (χ0n) is 9.37. The van der Waals surface area contributed by atoms with Gasteiger partial charge in [-0.15, -0.1) is 0 Å². The van der Waals surface area contributed by atoms with Crippen LogP contribution in [0.25, 0.3) is 11.0 Å². The van der Waals surface area contributed by atoms with E-state index in [1.54, 1.807) is 34.1 Å². The van der Waals surface area contributed by atoms with Crippen LogP contribution in [-0.2, 0) is 13.6 Å². The molecule has 0 spiro atoms. The fourth-order valence-corrected chi connectivity index (χ4v) is 2.48. The molecule has 0 unspecified atom stereocenters. The first-order chi connectivity index (χ1) is 8.65. The second-order valence-corrected chi connectivity index (χ2v) is 4.95. The molecule has 3 aromatic heterocycles. The van der Waals surface area contributed by atoms with Gasteiger partial charge in [0.2, 0.25) is 0 Å². The Morgan fingerprint density at radius 3 is 3.00 bits per heavy atom. The predicted molar refractivity (Wildman–Crippen MR) is 69.0 cm³/mol. The highest BCUT2D eigenvalue weighted by Gasteiger charge is 2.10. The number of fused-ring (bicyclic) bond motifs is 1. The molecule has 18 heavy (non-hydrogen) atoms. The number of halogens is 1. The monoisotopic (exact) mass is 281 g/mol. The van der Waals surface area contributed by atoms with Crippen molar-refractivity contribution in [3.8, 4) is 0 Å². The van der Waals surface area contributed by atoms with Crippen molar-refractivity contribution < 1.29 is 0 Å². The fraction of sp³-hybridized carbons (Fsp3) is 0.200. The fourth-order valence-electron chi connectivity index (χ4n) is 1.66. The molecule has 0 fully saturated rings. The second-order valence-electron chi connectivity index (χ2n) is 3.73. The lowest BCUT2D eigenvalue weighted by Crippen LogP contribution is -2.14. The van der Waals surface area contributed by atoms with Gasteiger partial charge in [-0.25, -0.2) is 9.97 Å². The molecule has 0 saturated heterocycles. The molecule has 0 aliphatic carbocycles. The Hall–Kier alpha value is -1.73. The van der Waals surface area contributed by atoms with Crippen LogP contribution in [-0.4, -0.2) is 24.3 Å². The Balaban J connectivity index is 2.10. The van der Waals surface area contributed by atoms with Crippen LogP contribution >= 0.6 is 22.9 Å². The second kappa shape index (κ2) is 4.18. The average molecular weight is 282 g/mol. The highest BCUT2D eigenvalue weighted by Crippen LogP contribution is 2.19. The van der Waals surface area contributed by atoms with Gasteiger partial charge in [-0.1, -0.05) is 22.9 Å². The van der Waals surface area contributed by atoms with Gasteiger partial charge in [-0.2, -0.15) is 5.10 Å². The minimum atomic E-state index is -0.0418. The molecule has 0 atom stereocenters. The van der Waals surface area contributed by atoms with Gasteiger partial charge >= 0.3 is 4.87 Å². The first-order valence-corrected chi connectivity index (χ1v) is 6.39. The lowest BCUT2D eigenvalue weighted by atomic mass is 10.4. The Morgan fingerprint density at radius 2 is 2.28 bits per heavy atom. The molecule has 0 aliphatic heterocycles. The number of hydrogen-bond donors (Lipinski definition) is 0. The van der Waals surface area contributed by atoms with Gasteiger partial charge in [0, 0.05) is 18.6 Å². The summed E-state index contributed by atoms with van der Waals surface area (Å²) < 4.78 is 3.17. The minimum absolute atomic E-state index is 0.0418. The van der Waals surface area contributed by atoms with E-state index in [1.807, 2.05) is 0 Å². The zero-order valence-corrected chi connectivity index (χ0v) is 10.9. The van der Waals surface area contributed by atoms with Gasteiger partial charge in [-0.05, 0) is 0 Å². The van der Waals surface area contributed by atoms with Crippen molar-refractivity contribution in [3.05, 3.63) is 38.4 Å². The molecule has 0 bridgehead atoms. The topological polar surface area (TPSA) is 65.6 Å². The zero-order chi connectivity index (χ0) is 12.7. The predicted octanol–water partition coefficient (Wildman–Crippen LogP) is 1.29. The maximum absolute atomic E-state index is 11.5. The van der Waals surface area contributed by atoms with Gasteiger partial charge in [-0.3, -0.25) is 14.0 Å². The molecule has 8 heteroatoms. The number of aromatic nitrogens is 5. The van der Waals surface area contributed by atoms with Crippen LogP contribution in [0.2, 0.25) is 5.15 Å². The van der Waals surface area contributed by atoms with Crippen molar-refractivity contribution in [2.24, 2.45) is 7.05 Å². The van der Waals surface area contributed by atoms with E-state index in [9.17, 15) is 4.79 Å². The Labute approximate surface area is 110 Å². The molecule has 92 valence electrons. The van der Waals surface area contributed by atoms with Gasteiger partial charge in [0.25, 0.3) is 0 Å². The van der Waals surface area contributed by atoms with Crippen LogP contribution < -0.4 is 4.87 Å². The van der Waals surface area contributed by atoms with E-state index in [2.05, 4.69) is 15.1 Å². The summed E-state index contributed by atoms with van der Waals surface area (Å²) in [6.45, 7) is 0.309. The third-order valence-electron chi connectivity index (χ3n) is 2.55. The average Bonchev–Trinajstić information content (AvgIpc) is 2.88. The Morgan fingerprint density at radius 1 is 1.44 bits per heavy atom. The van der Waals surface area contributed by atoms with E-state index >= 15 is 0 Å². The van der Waals surface area contributed by atoms with Crippen molar-refractivity contribution in [2.45, 2.75) is 6.54 Å². The summed E-state index contributed by atoms with van der Waals surface area (Å²) >= 11 is 7.20. The molecule has 0 saturated carbocycles. The summed E-state index contributed by atoms with van der Waals surface area (Å²) in [5.74, 6) is 0.497. The summed E-state index contributed by atoms with van der Waals surface area (Å²) in [6, 6.07) is 0. The number of nitrogens with zero attached hydrogens (tertiary/aromatic N) is 5. The van der Waals surface area contributed by atoms with Crippen molar-refractivity contribution in [1.29, 1.82) is 0 Å². The number of thiazole rings is 1. The van der Waals surface area contributed by atoms with Crippen LogP contribution in [0.3, 0.4) is 0 Å². The van der Waals surface area contributed by atoms with E-state index in [4.69, 9.17) is 11.6 Å². The summed E-state index contributed by atoms with van der Waals surface area (Å²) in [6.07, 6.45) is 3.33. The highest BCUT2D eigenvalue weighted by atomic mass is 35.5. The SMILES string of the molecule is Cn1ncc2c(Cl)nc(Cn3ccsc3=O)nc21. The first-order valence-electron chi connectivity index (χ1n) is 5.13. The molecule has 0 amide bonds. The van der Waals surface area contributed by atoms with Crippen LogP contribution in [0.1, 0.15) is 5.82 Å². The van der Waals surface area contributed by atoms with E-state index < -0.39 is 0 Å². The maximum atomic E-state index is 11.5. The molecule has 0 N–H and O–H groups in total. The summed E-state index contributed by atoms with van der Waals surface area (Å²) in [4.78, 5) is 20.0. The Kier molecular flexibility index (Phi) is 2.64. The highest BCUT2D eigenvalue weighted by molar-refractivity contribution is 7.07. The molecule has 0 radical (unpaired) electrons. The molecule has 0 aromatic carbocycles. The summed E-state index contributed by atoms with van der Waals surface area (Å²) in [5, 5.41) is 6.87. The number of rotatable bonds is 2. The van der Waals surface area contributed by atoms with Crippen molar-refractivity contribution >= 4 is 34.0 Å². The van der Waals surface area contributed by atoms with Crippen LogP contribution in [0.15, 0.2) is 22.6 Å². The normalized spacial score (nSPS) is 11.2. The molecular formula is C10H8ClN5OS. The number of hydrogen-bond acceptors (Lipinski definition) is 5. The lowest BCUT2D eigenvalue weighted by Gasteiger charge is -2.02. The standard InChI is InChI=1S/C10H8ClN5OS/c1-15-9-6(4-12-15)8(11)13-7(14-9)5-16-2-3-18-10(16)17/h2-4H,5H2,1H3. The van der Waals surface area contributed by atoms with Gasteiger partial charge < -0.3 is 0 Å². The van der Waals surface area contributed by atoms with Crippen molar-refractivity contribution in [1.82, 2.24) is 24.3 Å². The van der Waals surface area contributed by atoms with Gasteiger partial charge in [0.1, 0.15) is 5.15 Å². The molecule has 6 nitrogen and oxygen atoms in total. The third kappa shape index (κ3) is 1.81. The van der Waals surface area contributed by atoms with Gasteiger partial charge in [0.15, 0.2) is 11.5 Å². The molecule has 3 aromatic rings. The van der Waals surface area contributed by atoms with E-state index in [0.717, 1.165) is 11.3 Å². The molecular weight excluding hydrogens is 274 g/mol. The van der Waals surface area contributed by atoms with Crippen LogP contribution in [0, 0.1) is 0 Å². The van der Waals surface area contributed by atoms with Crippen molar-refractivity contribution in [3.63, 3.8) is 0 Å². The molecule has 3 rings (SSSR count). The summed E-state index contributed by atoms with van der Waals surface area (Å²) in [7, 11) is 1.78. The first kappa shape index (κ1) is 11.4. The Bertz CT molecular complexity index is 774. The number of aryl methyl sites for hydroxylation is 1. The molecule has 3 heterocycles. The van der Waals surface area contributed by atoms with E-state index in [0.29, 0.717) is 28.6 Å². The lowest BCUT2D eigenvalue weighted by molar-refractivity contribution is 0.726. The third-order valence-corrected chi connectivity index (χ3v) is 3.53. The van der Waals surface area contributed by atoms with E-state index in [-0.39, 0.29) is 4.87 Å². The largest absolute Gasteiger partial charge is 0.307 e. The van der Waals surface area contributed by atoms with Crippen LogP contribution in [0.5, 0.6) is 0 Å². The van der Waals surface area contributed by atoms with Crippen molar-refractivity contribution in [2.75, 3.05) is 0 Å². The van der Waals surface area contributed by atoms with Gasteiger partial charge in [0.05, 0.1) is 18.1 Å².